The SMILES string of the molecule is CCCCC1CCC(C(=O)Nc2cc(-n3c(C)nc4ccccc4c3=O)ccc2F)CC1. The Morgan fingerprint density at radius 2 is 1.91 bits per heavy atom. The molecule has 0 saturated heterocycles. The van der Waals surface area contributed by atoms with Gasteiger partial charge in [-0.15, -0.1) is 0 Å². The van der Waals surface area contributed by atoms with Gasteiger partial charge < -0.3 is 5.32 Å². The van der Waals surface area contributed by atoms with Gasteiger partial charge in [-0.05, 0) is 68.9 Å². The lowest BCUT2D eigenvalue weighted by Gasteiger charge is -2.27. The Kier molecular flexibility index (Phi) is 6.68. The highest BCUT2D eigenvalue weighted by molar-refractivity contribution is 5.93. The van der Waals surface area contributed by atoms with E-state index in [1.807, 2.05) is 6.07 Å². The second kappa shape index (κ2) is 9.63. The van der Waals surface area contributed by atoms with Gasteiger partial charge in [0.15, 0.2) is 0 Å². The molecule has 1 aliphatic carbocycles. The number of carbonyl (C=O) groups is 1. The summed E-state index contributed by atoms with van der Waals surface area (Å²) in [6.07, 6.45) is 7.46. The molecule has 3 aromatic rings. The van der Waals surface area contributed by atoms with Crippen LogP contribution in [0.15, 0.2) is 47.3 Å². The molecule has 1 N–H and O–H groups in total. The van der Waals surface area contributed by atoms with Crippen molar-refractivity contribution in [3.05, 3.63) is 64.5 Å². The summed E-state index contributed by atoms with van der Waals surface area (Å²) < 4.78 is 16.0. The van der Waals surface area contributed by atoms with Crippen LogP contribution in [0.3, 0.4) is 0 Å². The Labute approximate surface area is 187 Å². The van der Waals surface area contributed by atoms with Gasteiger partial charge in [-0.2, -0.15) is 0 Å². The summed E-state index contributed by atoms with van der Waals surface area (Å²) in [5.41, 5.74) is 0.976. The number of unbranched alkanes of at least 4 members (excludes halogenated alkanes) is 1. The number of nitrogens with one attached hydrogen (secondary N) is 1. The van der Waals surface area contributed by atoms with Crippen molar-refractivity contribution in [1.29, 1.82) is 0 Å². The monoisotopic (exact) mass is 435 g/mol. The van der Waals surface area contributed by atoms with Crippen LogP contribution in [0.25, 0.3) is 16.6 Å². The molecule has 0 radical (unpaired) electrons. The molecule has 32 heavy (non-hydrogen) atoms. The summed E-state index contributed by atoms with van der Waals surface area (Å²) in [7, 11) is 0. The molecule has 0 aliphatic heterocycles. The molecular formula is C26H30FN3O2. The molecule has 168 valence electrons. The number of halogens is 1. The van der Waals surface area contributed by atoms with Crippen LogP contribution < -0.4 is 10.9 Å². The molecule has 1 aliphatic rings. The Morgan fingerprint density at radius 1 is 1.16 bits per heavy atom. The minimum Gasteiger partial charge on any atom is -0.323 e. The number of carbonyl (C=O) groups excluding carboxylic acids is 1. The van der Waals surface area contributed by atoms with Gasteiger partial charge in [0.25, 0.3) is 5.56 Å². The number of fused-ring (bicyclic) bond motifs is 1. The number of hydrogen-bond acceptors (Lipinski definition) is 3. The number of anilines is 1. The maximum atomic E-state index is 14.6. The van der Waals surface area contributed by atoms with Crippen LogP contribution in [0.1, 0.15) is 57.7 Å². The average Bonchev–Trinajstić information content (AvgIpc) is 2.80. The van der Waals surface area contributed by atoms with Crippen LogP contribution in [0.4, 0.5) is 10.1 Å². The average molecular weight is 436 g/mol. The normalized spacial score (nSPS) is 18.6. The first-order chi connectivity index (χ1) is 15.5. The molecule has 5 nitrogen and oxygen atoms in total. The van der Waals surface area contributed by atoms with Gasteiger partial charge in [0, 0.05) is 5.92 Å². The van der Waals surface area contributed by atoms with Gasteiger partial charge in [0.05, 0.1) is 22.3 Å². The minimum absolute atomic E-state index is 0.0947. The van der Waals surface area contributed by atoms with Gasteiger partial charge in [0.1, 0.15) is 11.6 Å². The first kappa shape index (κ1) is 22.2. The molecule has 2 aromatic carbocycles. The third-order valence-electron chi connectivity index (χ3n) is 6.59. The lowest BCUT2D eigenvalue weighted by atomic mass is 9.79. The van der Waals surface area contributed by atoms with Crippen LogP contribution in [-0.2, 0) is 4.79 Å². The van der Waals surface area contributed by atoms with E-state index in [4.69, 9.17) is 0 Å². The number of rotatable bonds is 6. The molecule has 1 amide bonds. The third-order valence-corrected chi connectivity index (χ3v) is 6.59. The van der Waals surface area contributed by atoms with Crippen molar-refractivity contribution in [2.75, 3.05) is 5.32 Å². The van der Waals surface area contributed by atoms with Crippen molar-refractivity contribution in [3.63, 3.8) is 0 Å². The molecule has 0 spiro atoms. The standard InChI is InChI=1S/C26H30FN3O2/c1-3-4-7-18-10-12-19(13-11-18)25(31)29-24-16-20(14-15-22(24)27)30-17(2)28-23-9-6-5-8-21(23)26(30)32/h5-6,8-9,14-16,18-19H,3-4,7,10-13H2,1-2H3,(H,29,31). The van der Waals surface area contributed by atoms with Crippen molar-refractivity contribution in [1.82, 2.24) is 9.55 Å². The van der Waals surface area contributed by atoms with Gasteiger partial charge in [-0.25, -0.2) is 9.37 Å². The van der Waals surface area contributed by atoms with Crippen molar-refractivity contribution >= 4 is 22.5 Å². The molecule has 6 heteroatoms. The highest BCUT2D eigenvalue weighted by atomic mass is 19.1. The van der Waals surface area contributed by atoms with Crippen LogP contribution in [0, 0.1) is 24.6 Å². The second-order valence-corrected chi connectivity index (χ2v) is 8.83. The maximum Gasteiger partial charge on any atom is 0.265 e. The minimum atomic E-state index is -0.516. The molecule has 1 saturated carbocycles. The fourth-order valence-electron chi connectivity index (χ4n) is 4.74. The van der Waals surface area contributed by atoms with Crippen molar-refractivity contribution in [3.8, 4) is 5.69 Å². The Morgan fingerprint density at radius 3 is 2.66 bits per heavy atom. The highest BCUT2D eigenvalue weighted by Crippen LogP contribution is 2.33. The van der Waals surface area contributed by atoms with Crippen molar-refractivity contribution in [2.24, 2.45) is 11.8 Å². The van der Waals surface area contributed by atoms with Gasteiger partial charge in [-0.1, -0.05) is 38.3 Å². The number of aromatic nitrogens is 2. The van der Waals surface area contributed by atoms with E-state index in [9.17, 15) is 14.0 Å². The zero-order chi connectivity index (χ0) is 22.7. The van der Waals surface area contributed by atoms with Crippen LogP contribution >= 0.6 is 0 Å². The Bertz CT molecular complexity index is 1180. The zero-order valence-corrected chi connectivity index (χ0v) is 18.7. The fraction of sp³-hybridized carbons (Fsp3) is 0.423. The molecule has 0 atom stereocenters. The molecular weight excluding hydrogens is 405 g/mol. The predicted molar refractivity (Wildman–Crippen MR) is 126 cm³/mol. The van der Waals surface area contributed by atoms with Crippen LogP contribution in [0.5, 0.6) is 0 Å². The largest absolute Gasteiger partial charge is 0.323 e. The van der Waals surface area contributed by atoms with Gasteiger partial charge >= 0.3 is 0 Å². The van der Waals surface area contributed by atoms with Gasteiger partial charge in [0.2, 0.25) is 5.91 Å². The number of hydrogen-bond donors (Lipinski definition) is 1. The summed E-state index contributed by atoms with van der Waals surface area (Å²) in [5.74, 6) is 0.453. The van der Waals surface area contributed by atoms with E-state index in [-0.39, 0.29) is 23.1 Å². The number of amides is 1. The number of nitrogens with zero attached hydrogens (tertiary/aromatic N) is 2. The lowest BCUT2D eigenvalue weighted by Crippen LogP contribution is -2.28. The highest BCUT2D eigenvalue weighted by Gasteiger charge is 2.26. The predicted octanol–water partition coefficient (Wildman–Crippen LogP) is 5.77. The lowest BCUT2D eigenvalue weighted by molar-refractivity contribution is -0.121. The second-order valence-electron chi connectivity index (χ2n) is 8.83. The van der Waals surface area contributed by atoms with E-state index < -0.39 is 5.82 Å². The molecule has 0 bridgehead atoms. The summed E-state index contributed by atoms with van der Waals surface area (Å²) in [5, 5.41) is 3.27. The maximum absolute atomic E-state index is 14.6. The van der Waals surface area contributed by atoms with Crippen molar-refractivity contribution < 1.29 is 9.18 Å². The third kappa shape index (κ3) is 4.59. The van der Waals surface area contributed by atoms with Crippen LogP contribution in [-0.4, -0.2) is 15.5 Å². The van der Waals surface area contributed by atoms with Crippen LogP contribution in [0.2, 0.25) is 0 Å². The fourth-order valence-corrected chi connectivity index (χ4v) is 4.74. The number of benzene rings is 2. The van der Waals surface area contributed by atoms with E-state index in [0.29, 0.717) is 28.3 Å². The van der Waals surface area contributed by atoms with Crippen molar-refractivity contribution in [2.45, 2.75) is 58.8 Å². The topological polar surface area (TPSA) is 64.0 Å². The van der Waals surface area contributed by atoms with E-state index in [2.05, 4.69) is 17.2 Å². The van der Waals surface area contributed by atoms with E-state index >= 15 is 0 Å². The summed E-state index contributed by atoms with van der Waals surface area (Å²) >= 11 is 0. The molecule has 1 heterocycles. The van der Waals surface area contributed by atoms with E-state index in [1.165, 1.54) is 42.0 Å². The summed E-state index contributed by atoms with van der Waals surface area (Å²) in [6, 6.07) is 11.5. The first-order valence-corrected chi connectivity index (χ1v) is 11.6. The smallest absolute Gasteiger partial charge is 0.265 e. The van der Waals surface area contributed by atoms with E-state index in [1.54, 1.807) is 25.1 Å². The summed E-state index contributed by atoms with van der Waals surface area (Å²) in [4.78, 5) is 30.4. The molecule has 0 unspecified atom stereocenters. The van der Waals surface area contributed by atoms with Gasteiger partial charge in [-0.3, -0.25) is 14.2 Å². The first-order valence-electron chi connectivity index (χ1n) is 11.6. The Hall–Kier alpha value is -3.02. The summed E-state index contributed by atoms with van der Waals surface area (Å²) in [6.45, 7) is 3.94. The number of para-hydroxylation sites is 1. The number of aryl methyl sites for hydroxylation is 1. The van der Waals surface area contributed by atoms with E-state index in [0.717, 1.165) is 25.7 Å². The molecule has 1 fully saturated rings. The zero-order valence-electron chi connectivity index (χ0n) is 18.7. The molecule has 4 rings (SSSR count). The quantitative estimate of drug-likeness (QED) is 0.535. The molecule has 1 aromatic heterocycles. The Balaban J connectivity index is 1.55.